The fraction of sp³-hybridized carbons (Fsp3) is 1.00. The zero-order chi connectivity index (χ0) is 7.03. The smallest absolute Gasteiger partial charge is 0.0489 e. The van der Waals surface area contributed by atoms with Gasteiger partial charge in [-0.3, -0.25) is 5.84 Å². The van der Waals surface area contributed by atoms with Gasteiger partial charge < -0.3 is 5.32 Å². The Morgan fingerprint density at radius 2 is 2.30 bits per heavy atom. The average molecular weight is 141 g/mol. The van der Waals surface area contributed by atoms with Crippen LogP contribution in [0.25, 0.3) is 0 Å². The van der Waals surface area contributed by atoms with E-state index in [1.54, 1.807) is 0 Å². The number of hydrogen-bond donors (Lipinski definition) is 2. The number of nitrogens with zero attached hydrogens (tertiary/aromatic N) is 1. The van der Waals surface area contributed by atoms with Crippen LogP contribution in [0, 0.1) is 0 Å². The summed E-state index contributed by atoms with van der Waals surface area (Å²) in [7, 11) is 0. The molecule has 3 nitrogen and oxygen atoms in total. The molecule has 58 valence electrons. The number of nitrogens with two attached hydrogens (primary N) is 1. The zero-order valence-electron chi connectivity index (χ0n) is 6.27. The molecule has 0 amide bonds. The van der Waals surface area contributed by atoms with Crippen molar-refractivity contribution in [3.05, 3.63) is 0 Å². The molecular weight excluding hydrogens is 126 g/mol. The normalized spacial score (nSPS) is 41.7. The second-order valence-electron chi connectivity index (χ2n) is 3.45. The summed E-state index contributed by atoms with van der Waals surface area (Å²) in [6.45, 7) is 3.36. The Balaban J connectivity index is 1.99. The van der Waals surface area contributed by atoms with Crippen LogP contribution in [0.1, 0.15) is 19.3 Å². The first kappa shape index (κ1) is 6.58. The van der Waals surface area contributed by atoms with E-state index in [9.17, 15) is 0 Å². The predicted molar refractivity (Wildman–Crippen MR) is 40.3 cm³/mol. The van der Waals surface area contributed by atoms with E-state index in [4.69, 9.17) is 5.84 Å². The van der Waals surface area contributed by atoms with Crippen LogP contribution in [0.2, 0.25) is 0 Å². The van der Waals surface area contributed by atoms with Crippen molar-refractivity contribution in [1.29, 1.82) is 0 Å². The van der Waals surface area contributed by atoms with Crippen LogP contribution in [0.5, 0.6) is 0 Å². The van der Waals surface area contributed by atoms with E-state index in [1.165, 1.54) is 25.8 Å². The van der Waals surface area contributed by atoms with Crippen molar-refractivity contribution in [2.75, 3.05) is 19.6 Å². The van der Waals surface area contributed by atoms with Gasteiger partial charge in [-0.05, 0) is 25.8 Å². The number of nitrogens with one attached hydrogen (secondary N) is 1. The molecule has 0 radical (unpaired) electrons. The third-order valence-corrected chi connectivity index (χ3v) is 2.88. The summed E-state index contributed by atoms with van der Waals surface area (Å²) >= 11 is 0. The van der Waals surface area contributed by atoms with Gasteiger partial charge in [-0.25, -0.2) is 5.01 Å². The zero-order valence-corrected chi connectivity index (χ0v) is 6.27. The molecule has 1 unspecified atom stereocenters. The second-order valence-corrected chi connectivity index (χ2v) is 3.45. The molecule has 0 aromatic heterocycles. The fourth-order valence-corrected chi connectivity index (χ4v) is 1.97. The molecule has 2 aliphatic heterocycles. The van der Waals surface area contributed by atoms with Crippen molar-refractivity contribution in [3.63, 3.8) is 0 Å². The van der Waals surface area contributed by atoms with Gasteiger partial charge in [-0.2, -0.15) is 0 Å². The first-order valence-corrected chi connectivity index (χ1v) is 4.07. The number of hydrogen-bond acceptors (Lipinski definition) is 3. The van der Waals surface area contributed by atoms with E-state index >= 15 is 0 Å². The number of hydrazine groups is 1. The van der Waals surface area contributed by atoms with Crippen LogP contribution in [-0.2, 0) is 0 Å². The first-order chi connectivity index (χ1) is 4.83. The van der Waals surface area contributed by atoms with Gasteiger partial charge in [-0.1, -0.05) is 0 Å². The van der Waals surface area contributed by atoms with E-state index in [1.807, 2.05) is 5.01 Å². The van der Waals surface area contributed by atoms with Gasteiger partial charge in [0.25, 0.3) is 0 Å². The first-order valence-electron chi connectivity index (χ1n) is 4.07. The van der Waals surface area contributed by atoms with Crippen molar-refractivity contribution in [2.24, 2.45) is 5.84 Å². The monoisotopic (exact) mass is 141 g/mol. The molecule has 0 aromatic carbocycles. The highest BCUT2D eigenvalue weighted by molar-refractivity contribution is 5.00. The maximum Gasteiger partial charge on any atom is 0.0489 e. The molecule has 10 heavy (non-hydrogen) atoms. The summed E-state index contributed by atoms with van der Waals surface area (Å²) < 4.78 is 0. The lowest BCUT2D eigenvalue weighted by Gasteiger charge is -2.52. The molecule has 0 saturated carbocycles. The van der Waals surface area contributed by atoms with E-state index in [-0.39, 0.29) is 0 Å². The highest BCUT2D eigenvalue weighted by atomic mass is 15.5. The lowest BCUT2D eigenvalue weighted by molar-refractivity contribution is -0.0326. The van der Waals surface area contributed by atoms with Gasteiger partial charge in [0.2, 0.25) is 0 Å². The summed E-state index contributed by atoms with van der Waals surface area (Å²) in [5, 5.41) is 5.39. The van der Waals surface area contributed by atoms with Gasteiger partial charge in [0.15, 0.2) is 0 Å². The summed E-state index contributed by atoms with van der Waals surface area (Å²) in [5.74, 6) is 5.78. The second kappa shape index (κ2) is 2.19. The third kappa shape index (κ3) is 0.779. The summed E-state index contributed by atoms with van der Waals surface area (Å²) in [6.07, 6.45) is 3.86. The fourth-order valence-electron chi connectivity index (χ4n) is 1.97. The molecule has 1 atom stereocenters. The van der Waals surface area contributed by atoms with E-state index in [0.29, 0.717) is 5.54 Å². The standard InChI is InChI=1S/C7H15N3/c8-10-5-3-7(10)2-1-4-9-6-7/h9H,1-6,8H2. The Labute approximate surface area is 61.5 Å². The van der Waals surface area contributed by atoms with Crippen LogP contribution in [0.3, 0.4) is 0 Å². The van der Waals surface area contributed by atoms with E-state index < -0.39 is 0 Å². The van der Waals surface area contributed by atoms with Gasteiger partial charge in [0, 0.05) is 18.6 Å². The van der Waals surface area contributed by atoms with Gasteiger partial charge >= 0.3 is 0 Å². The topological polar surface area (TPSA) is 41.3 Å². The van der Waals surface area contributed by atoms with Crippen LogP contribution in [0.4, 0.5) is 0 Å². The van der Waals surface area contributed by atoms with Crippen LogP contribution >= 0.6 is 0 Å². The molecule has 0 bridgehead atoms. The Hall–Kier alpha value is -0.120. The van der Waals surface area contributed by atoms with Crippen molar-refractivity contribution >= 4 is 0 Å². The molecule has 1 spiro atoms. The minimum absolute atomic E-state index is 0.359. The van der Waals surface area contributed by atoms with Crippen molar-refractivity contribution in [1.82, 2.24) is 10.3 Å². The van der Waals surface area contributed by atoms with E-state index in [2.05, 4.69) is 5.32 Å². The Bertz CT molecular complexity index is 129. The highest BCUT2D eigenvalue weighted by Crippen LogP contribution is 2.32. The molecule has 2 rings (SSSR count). The van der Waals surface area contributed by atoms with Crippen LogP contribution in [-0.4, -0.2) is 30.2 Å². The highest BCUT2D eigenvalue weighted by Gasteiger charge is 2.43. The Kier molecular flexibility index (Phi) is 1.44. The molecule has 2 fully saturated rings. The molecule has 2 saturated heterocycles. The number of piperidine rings is 1. The van der Waals surface area contributed by atoms with Gasteiger partial charge in [-0.15, -0.1) is 0 Å². The maximum absolute atomic E-state index is 5.78. The molecule has 3 heteroatoms. The molecule has 2 aliphatic rings. The summed E-state index contributed by atoms with van der Waals surface area (Å²) in [6, 6.07) is 0. The van der Waals surface area contributed by atoms with Crippen LogP contribution < -0.4 is 11.2 Å². The van der Waals surface area contributed by atoms with Crippen LogP contribution in [0.15, 0.2) is 0 Å². The number of rotatable bonds is 0. The molecule has 0 aliphatic carbocycles. The quantitative estimate of drug-likeness (QED) is 0.455. The molecule has 2 heterocycles. The summed E-state index contributed by atoms with van der Waals surface area (Å²) in [4.78, 5) is 0. The predicted octanol–water partition coefficient (Wildman–Crippen LogP) is -0.312. The minimum Gasteiger partial charge on any atom is -0.315 e. The molecular formula is C7H15N3. The molecule has 3 N–H and O–H groups in total. The lowest BCUT2D eigenvalue weighted by atomic mass is 9.80. The largest absolute Gasteiger partial charge is 0.315 e. The van der Waals surface area contributed by atoms with Crippen molar-refractivity contribution in [2.45, 2.75) is 24.8 Å². The van der Waals surface area contributed by atoms with Crippen molar-refractivity contribution < 1.29 is 0 Å². The maximum atomic E-state index is 5.78. The third-order valence-electron chi connectivity index (χ3n) is 2.88. The SMILES string of the molecule is NN1CCC12CCCNC2. The summed E-state index contributed by atoms with van der Waals surface area (Å²) in [5.41, 5.74) is 0.359. The Morgan fingerprint density at radius 1 is 1.40 bits per heavy atom. The van der Waals surface area contributed by atoms with Crippen molar-refractivity contribution in [3.8, 4) is 0 Å². The van der Waals surface area contributed by atoms with Gasteiger partial charge in [0.1, 0.15) is 0 Å². The Morgan fingerprint density at radius 3 is 2.60 bits per heavy atom. The molecule has 0 aromatic rings. The van der Waals surface area contributed by atoms with E-state index in [0.717, 1.165) is 13.1 Å². The average Bonchev–Trinajstić information content (AvgIpc) is 2.04. The minimum atomic E-state index is 0.359. The van der Waals surface area contributed by atoms with Gasteiger partial charge in [0.05, 0.1) is 0 Å². The lowest BCUT2D eigenvalue weighted by Crippen LogP contribution is -2.68.